The van der Waals surface area contributed by atoms with Crippen molar-refractivity contribution < 1.29 is 31.5 Å². The van der Waals surface area contributed by atoms with Crippen molar-refractivity contribution in [3.8, 4) is 0 Å². The summed E-state index contributed by atoms with van der Waals surface area (Å²) in [7, 11) is 0. The lowest BCUT2D eigenvalue weighted by Crippen LogP contribution is -2.36. The first kappa shape index (κ1) is 22.1. The van der Waals surface area contributed by atoms with Gasteiger partial charge in [-0.2, -0.15) is 22.0 Å². The van der Waals surface area contributed by atoms with E-state index in [2.05, 4.69) is 11.7 Å². The number of carbonyl (C=O) groups is 1. The highest BCUT2D eigenvalue weighted by Gasteiger charge is 2.56. The van der Waals surface area contributed by atoms with Crippen molar-refractivity contribution in [3.05, 3.63) is 0 Å². The molecule has 0 atom stereocenters. The van der Waals surface area contributed by atoms with Gasteiger partial charge in [0.25, 0.3) is 0 Å². The van der Waals surface area contributed by atoms with Crippen molar-refractivity contribution in [2.45, 2.75) is 89.7 Å². The van der Waals surface area contributed by atoms with Gasteiger partial charge in [-0.05, 0) is 12.8 Å². The number of ether oxygens (including phenoxy) is 1. The predicted octanol–water partition coefficient (Wildman–Crippen LogP) is 6.04. The fraction of sp³-hybridized carbons (Fsp3) is 0.938. The van der Waals surface area contributed by atoms with Crippen LogP contribution in [0.1, 0.15) is 77.6 Å². The highest BCUT2D eigenvalue weighted by Crippen LogP contribution is 2.38. The molecule has 0 saturated heterocycles. The molecule has 0 aliphatic rings. The highest BCUT2D eigenvalue weighted by atomic mass is 19.4. The van der Waals surface area contributed by atoms with E-state index in [-0.39, 0.29) is 6.42 Å². The van der Waals surface area contributed by atoms with Crippen molar-refractivity contribution in [1.82, 2.24) is 0 Å². The van der Waals surface area contributed by atoms with E-state index in [4.69, 9.17) is 0 Å². The fourth-order valence-corrected chi connectivity index (χ4v) is 2.10. The molecule has 0 radical (unpaired) electrons. The van der Waals surface area contributed by atoms with Crippen LogP contribution in [0.5, 0.6) is 0 Å². The molecule has 138 valence electrons. The van der Waals surface area contributed by atoms with E-state index in [0.717, 1.165) is 19.3 Å². The van der Waals surface area contributed by atoms with Gasteiger partial charge in [-0.3, -0.25) is 4.79 Å². The summed E-state index contributed by atoms with van der Waals surface area (Å²) in [6.45, 7) is 1.75. The summed E-state index contributed by atoms with van der Waals surface area (Å²) in [5, 5.41) is 0. The summed E-state index contributed by atoms with van der Waals surface area (Å²) in [6, 6.07) is 0. The zero-order valence-corrected chi connectivity index (χ0v) is 13.7. The number of hydrogen-bond acceptors (Lipinski definition) is 2. The number of alkyl halides is 5. The number of carbonyl (C=O) groups excluding carboxylic acids is 1. The minimum atomic E-state index is -5.55. The summed E-state index contributed by atoms with van der Waals surface area (Å²) in [5.41, 5.74) is 0. The molecule has 0 aromatic rings. The van der Waals surface area contributed by atoms with E-state index in [1.807, 2.05) is 0 Å². The molecule has 0 heterocycles. The molecule has 0 amide bonds. The number of esters is 1. The Morgan fingerprint density at radius 2 is 1.35 bits per heavy atom. The Hall–Kier alpha value is -0.880. The number of halogens is 5. The third-order valence-electron chi connectivity index (χ3n) is 3.55. The predicted molar refractivity (Wildman–Crippen MR) is 78.4 cm³/mol. The van der Waals surface area contributed by atoms with Crippen LogP contribution in [-0.2, 0) is 9.53 Å². The maximum Gasteiger partial charge on any atom is 0.453 e. The molecule has 0 aliphatic heterocycles. The second-order valence-corrected chi connectivity index (χ2v) is 5.75. The SMILES string of the molecule is CCCCCCCCCCC(=O)OCCCC(F)(F)C(F)(F)F. The zero-order valence-electron chi connectivity index (χ0n) is 13.7. The van der Waals surface area contributed by atoms with Crippen molar-refractivity contribution in [2.75, 3.05) is 6.61 Å². The van der Waals surface area contributed by atoms with Crippen LogP contribution in [0.25, 0.3) is 0 Å². The Kier molecular flexibility index (Phi) is 11.2. The van der Waals surface area contributed by atoms with Crippen LogP contribution < -0.4 is 0 Å². The minimum absolute atomic E-state index is 0.185. The fourth-order valence-electron chi connectivity index (χ4n) is 2.10. The zero-order chi connectivity index (χ0) is 17.8. The molecule has 0 N–H and O–H groups in total. The molecule has 0 spiro atoms. The summed E-state index contributed by atoms with van der Waals surface area (Å²) < 4.78 is 65.5. The van der Waals surface area contributed by atoms with Crippen molar-refractivity contribution >= 4 is 5.97 Å². The molecule has 0 fully saturated rings. The molecule has 2 nitrogen and oxygen atoms in total. The first-order chi connectivity index (χ1) is 10.7. The number of unbranched alkanes of at least 4 members (excludes halogenated alkanes) is 7. The third kappa shape index (κ3) is 11.3. The second kappa shape index (κ2) is 11.6. The molecular weight excluding hydrogens is 319 g/mol. The quantitative estimate of drug-likeness (QED) is 0.231. The van der Waals surface area contributed by atoms with Crippen LogP contribution in [0.4, 0.5) is 22.0 Å². The topological polar surface area (TPSA) is 26.3 Å². The van der Waals surface area contributed by atoms with Crippen LogP contribution in [0.15, 0.2) is 0 Å². The Bertz CT molecular complexity index is 316. The smallest absolute Gasteiger partial charge is 0.453 e. The van der Waals surface area contributed by atoms with Gasteiger partial charge < -0.3 is 4.74 Å². The average Bonchev–Trinajstić information content (AvgIpc) is 2.45. The van der Waals surface area contributed by atoms with E-state index in [1.165, 1.54) is 25.7 Å². The maximum absolute atomic E-state index is 12.6. The highest BCUT2D eigenvalue weighted by molar-refractivity contribution is 5.69. The number of rotatable bonds is 13. The Morgan fingerprint density at radius 3 is 1.87 bits per heavy atom. The summed E-state index contributed by atoms with van der Waals surface area (Å²) in [4.78, 5) is 11.3. The summed E-state index contributed by atoms with van der Waals surface area (Å²) in [5.74, 6) is -5.26. The van der Waals surface area contributed by atoms with E-state index in [0.29, 0.717) is 6.42 Å². The van der Waals surface area contributed by atoms with E-state index in [1.54, 1.807) is 0 Å². The first-order valence-electron chi connectivity index (χ1n) is 8.31. The normalized spacial score (nSPS) is 12.4. The molecule has 0 aromatic heterocycles. The van der Waals surface area contributed by atoms with Crippen molar-refractivity contribution in [3.63, 3.8) is 0 Å². The monoisotopic (exact) mass is 346 g/mol. The van der Waals surface area contributed by atoms with Gasteiger partial charge in [-0.15, -0.1) is 0 Å². The summed E-state index contributed by atoms with van der Waals surface area (Å²) >= 11 is 0. The lowest BCUT2D eigenvalue weighted by molar-refractivity contribution is -0.285. The van der Waals surface area contributed by atoms with Gasteiger partial charge in [0.2, 0.25) is 0 Å². The molecule has 0 rings (SSSR count). The standard InChI is InChI=1S/C16H27F5O2/c1-2-3-4-5-6-7-8-9-11-14(22)23-13-10-12-15(17,18)16(19,20)21/h2-13H2,1H3. The molecule has 0 aliphatic carbocycles. The lowest BCUT2D eigenvalue weighted by atomic mass is 10.1. The van der Waals surface area contributed by atoms with E-state index in [9.17, 15) is 26.7 Å². The molecule has 23 heavy (non-hydrogen) atoms. The molecule has 0 saturated carbocycles. The van der Waals surface area contributed by atoms with Crippen LogP contribution in [0.3, 0.4) is 0 Å². The van der Waals surface area contributed by atoms with Gasteiger partial charge in [0, 0.05) is 12.8 Å². The Labute approximate surface area is 134 Å². The van der Waals surface area contributed by atoms with E-state index < -0.39 is 37.5 Å². The molecule has 0 bridgehead atoms. The van der Waals surface area contributed by atoms with Gasteiger partial charge >= 0.3 is 18.1 Å². The average molecular weight is 346 g/mol. The van der Waals surface area contributed by atoms with Crippen molar-refractivity contribution in [1.29, 1.82) is 0 Å². The van der Waals surface area contributed by atoms with Gasteiger partial charge in [-0.25, -0.2) is 0 Å². The summed E-state index contributed by atoms with van der Waals surface area (Å²) in [6.07, 6.45) is 1.33. The molecule has 0 unspecified atom stereocenters. The Balaban J connectivity index is 3.51. The van der Waals surface area contributed by atoms with Gasteiger partial charge in [0.05, 0.1) is 6.61 Å². The van der Waals surface area contributed by atoms with E-state index >= 15 is 0 Å². The molecular formula is C16H27F5O2. The maximum atomic E-state index is 12.6. The van der Waals surface area contributed by atoms with Crippen LogP contribution in [0, 0.1) is 0 Å². The largest absolute Gasteiger partial charge is 0.466 e. The molecule has 7 heteroatoms. The van der Waals surface area contributed by atoms with Crippen LogP contribution in [0.2, 0.25) is 0 Å². The third-order valence-corrected chi connectivity index (χ3v) is 3.55. The van der Waals surface area contributed by atoms with Gasteiger partial charge in [-0.1, -0.05) is 51.9 Å². The van der Waals surface area contributed by atoms with Crippen molar-refractivity contribution in [2.24, 2.45) is 0 Å². The Morgan fingerprint density at radius 1 is 0.826 bits per heavy atom. The number of hydrogen-bond donors (Lipinski definition) is 0. The minimum Gasteiger partial charge on any atom is -0.466 e. The van der Waals surface area contributed by atoms with Gasteiger partial charge in [0.1, 0.15) is 0 Å². The second-order valence-electron chi connectivity index (χ2n) is 5.75. The molecule has 0 aromatic carbocycles. The van der Waals surface area contributed by atoms with Gasteiger partial charge in [0.15, 0.2) is 0 Å². The van der Waals surface area contributed by atoms with Crippen LogP contribution in [-0.4, -0.2) is 24.7 Å². The lowest BCUT2D eigenvalue weighted by Gasteiger charge is -2.19. The van der Waals surface area contributed by atoms with Crippen LogP contribution >= 0.6 is 0 Å². The first-order valence-corrected chi connectivity index (χ1v) is 8.31.